The molecule has 1 aromatic carbocycles. The molecule has 0 spiro atoms. The number of hydrogen-bond donors (Lipinski definition) is 1. The van der Waals surface area contributed by atoms with E-state index in [4.69, 9.17) is 0 Å². The molecular weight excluding hydrogens is 357 g/mol. The molecule has 0 bridgehead atoms. The van der Waals surface area contributed by atoms with E-state index in [1.165, 1.54) is 11.4 Å². The van der Waals surface area contributed by atoms with E-state index in [1.807, 2.05) is 0 Å². The Kier molecular flexibility index (Phi) is 5.17. The molecule has 0 saturated heterocycles. The molecule has 1 amide bonds. The van der Waals surface area contributed by atoms with Gasteiger partial charge in [0, 0.05) is 5.56 Å². The highest BCUT2D eigenvalue weighted by Gasteiger charge is 2.27. The molecular formula is C14H8F5NO3S. The lowest BCUT2D eigenvalue weighted by Crippen LogP contribution is -2.19. The van der Waals surface area contributed by atoms with Crippen molar-refractivity contribution in [2.24, 2.45) is 0 Å². The number of esters is 1. The summed E-state index contributed by atoms with van der Waals surface area (Å²) in [6, 6.07) is 1.33. The molecule has 2 rings (SSSR count). The number of rotatable bonds is 4. The number of hydrogen-bond acceptors (Lipinski definition) is 4. The van der Waals surface area contributed by atoms with Gasteiger partial charge >= 0.3 is 5.97 Å². The number of nitrogens with one attached hydrogen (secondary N) is 1. The molecule has 4 nitrogen and oxygen atoms in total. The van der Waals surface area contributed by atoms with Crippen molar-refractivity contribution in [3.8, 4) is 0 Å². The van der Waals surface area contributed by atoms with Crippen LogP contribution in [0.15, 0.2) is 11.4 Å². The lowest BCUT2D eigenvalue weighted by atomic mass is 10.1. The Bertz CT molecular complexity index is 792. The number of thiophene rings is 1. The first-order valence-corrected chi connectivity index (χ1v) is 7.11. The molecule has 24 heavy (non-hydrogen) atoms. The maximum absolute atomic E-state index is 13.5. The fourth-order valence-corrected chi connectivity index (χ4v) is 2.58. The normalized spacial score (nSPS) is 10.6. The Hall–Kier alpha value is -2.49. The third-order valence-corrected chi connectivity index (χ3v) is 3.84. The summed E-state index contributed by atoms with van der Waals surface area (Å²) in [4.78, 5) is 23.3. The predicted molar refractivity (Wildman–Crippen MR) is 74.2 cm³/mol. The smallest absolute Gasteiger partial charge is 0.350 e. The quantitative estimate of drug-likeness (QED) is 0.391. The second-order valence-electron chi connectivity index (χ2n) is 4.43. The number of carbonyl (C=O) groups excluding carboxylic acids is 2. The average molecular weight is 365 g/mol. The Morgan fingerprint density at radius 1 is 1.04 bits per heavy atom. The molecule has 0 aliphatic carbocycles. The summed E-state index contributed by atoms with van der Waals surface area (Å²) >= 11 is 0.937. The van der Waals surface area contributed by atoms with E-state index in [-0.39, 0.29) is 10.6 Å². The van der Waals surface area contributed by atoms with Gasteiger partial charge in [0.1, 0.15) is 4.88 Å². The monoisotopic (exact) mass is 365 g/mol. The maximum atomic E-state index is 13.5. The molecule has 0 saturated carbocycles. The summed E-state index contributed by atoms with van der Waals surface area (Å²) < 4.78 is 70.7. The Morgan fingerprint density at radius 3 is 2.12 bits per heavy atom. The van der Waals surface area contributed by atoms with Gasteiger partial charge in [0.2, 0.25) is 11.7 Å². The van der Waals surface area contributed by atoms with Crippen LogP contribution in [0.4, 0.5) is 27.6 Å². The van der Waals surface area contributed by atoms with Crippen molar-refractivity contribution in [3.05, 3.63) is 51.0 Å². The first-order chi connectivity index (χ1) is 11.3. The molecule has 0 aliphatic heterocycles. The highest BCUT2D eigenvalue weighted by atomic mass is 32.1. The summed E-state index contributed by atoms with van der Waals surface area (Å²) in [5, 5.41) is 3.61. The molecule has 1 aromatic heterocycles. The summed E-state index contributed by atoms with van der Waals surface area (Å²) in [6.07, 6.45) is -1.11. The van der Waals surface area contributed by atoms with Crippen molar-refractivity contribution in [3.63, 3.8) is 0 Å². The summed E-state index contributed by atoms with van der Waals surface area (Å²) in [5.41, 5.74) is -1.26. The van der Waals surface area contributed by atoms with E-state index in [0.717, 1.165) is 18.4 Å². The Labute approximate surface area is 135 Å². The van der Waals surface area contributed by atoms with E-state index < -0.39 is 52.9 Å². The third-order valence-electron chi connectivity index (χ3n) is 2.95. The fraction of sp³-hybridized carbons (Fsp3) is 0.143. The highest BCUT2D eigenvalue weighted by Crippen LogP contribution is 2.25. The van der Waals surface area contributed by atoms with Crippen LogP contribution >= 0.6 is 11.3 Å². The summed E-state index contributed by atoms with van der Waals surface area (Å²) in [5.74, 6) is -12.6. The van der Waals surface area contributed by atoms with Gasteiger partial charge in [-0.15, -0.1) is 11.3 Å². The lowest BCUT2D eigenvalue weighted by molar-refractivity contribution is -0.115. The average Bonchev–Trinajstić information content (AvgIpc) is 3.02. The van der Waals surface area contributed by atoms with Crippen molar-refractivity contribution in [1.29, 1.82) is 0 Å². The molecule has 128 valence electrons. The second kappa shape index (κ2) is 6.95. The van der Waals surface area contributed by atoms with Crippen molar-refractivity contribution in [2.45, 2.75) is 6.42 Å². The van der Waals surface area contributed by atoms with Crippen LogP contribution in [0.5, 0.6) is 0 Å². The highest BCUT2D eigenvalue weighted by molar-refractivity contribution is 7.12. The Morgan fingerprint density at radius 2 is 1.58 bits per heavy atom. The topological polar surface area (TPSA) is 55.4 Å². The summed E-state index contributed by atoms with van der Waals surface area (Å²) in [6.45, 7) is 0. The van der Waals surface area contributed by atoms with Crippen molar-refractivity contribution >= 4 is 28.9 Å². The van der Waals surface area contributed by atoms with Crippen LogP contribution < -0.4 is 5.32 Å². The number of halogens is 5. The number of ether oxygens (including phenoxy) is 1. The zero-order valence-electron chi connectivity index (χ0n) is 11.9. The second-order valence-corrected chi connectivity index (χ2v) is 5.34. The lowest BCUT2D eigenvalue weighted by Gasteiger charge is -2.09. The SMILES string of the molecule is COC(=O)c1sccc1NC(=O)Cc1c(F)c(F)c(F)c(F)c1F. The van der Waals surface area contributed by atoms with Gasteiger partial charge in [0.15, 0.2) is 23.3 Å². The van der Waals surface area contributed by atoms with E-state index in [0.29, 0.717) is 0 Å². The number of benzene rings is 1. The standard InChI is InChI=1S/C14H8F5NO3S/c1-23-14(22)13-6(2-3-24-13)20-7(21)4-5-8(15)10(17)12(19)11(18)9(5)16/h2-3H,4H2,1H3,(H,20,21). The van der Waals surface area contributed by atoms with Crippen LogP contribution in [0, 0.1) is 29.1 Å². The fourth-order valence-electron chi connectivity index (χ4n) is 1.82. The first-order valence-electron chi connectivity index (χ1n) is 6.23. The zero-order valence-corrected chi connectivity index (χ0v) is 12.7. The molecule has 1 N–H and O–H groups in total. The van der Waals surface area contributed by atoms with Gasteiger partial charge in [-0.2, -0.15) is 0 Å². The number of amides is 1. The predicted octanol–water partition coefficient (Wildman–Crippen LogP) is 3.41. The molecule has 0 unspecified atom stereocenters. The number of carbonyl (C=O) groups is 2. The van der Waals surface area contributed by atoms with E-state index >= 15 is 0 Å². The van der Waals surface area contributed by atoms with Crippen LogP contribution in [-0.4, -0.2) is 19.0 Å². The third kappa shape index (κ3) is 3.23. The minimum absolute atomic E-state index is 0.000668. The van der Waals surface area contributed by atoms with Crippen LogP contribution in [0.25, 0.3) is 0 Å². The van der Waals surface area contributed by atoms with E-state index in [1.54, 1.807) is 0 Å². The van der Waals surface area contributed by atoms with Crippen molar-refractivity contribution in [2.75, 3.05) is 12.4 Å². The number of anilines is 1. The Balaban J connectivity index is 2.26. The van der Waals surface area contributed by atoms with Crippen LogP contribution in [0.3, 0.4) is 0 Å². The van der Waals surface area contributed by atoms with E-state index in [9.17, 15) is 31.5 Å². The summed E-state index contributed by atoms with van der Waals surface area (Å²) in [7, 11) is 1.11. The minimum atomic E-state index is -2.31. The van der Waals surface area contributed by atoms with Gasteiger partial charge in [0.25, 0.3) is 0 Å². The van der Waals surface area contributed by atoms with Gasteiger partial charge in [0.05, 0.1) is 19.2 Å². The maximum Gasteiger partial charge on any atom is 0.350 e. The zero-order chi connectivity index (χ0) is 18.0. The van der Waals surface area contributed by atoms with E-state index in [2.05, 4.69) is 10.1 Å². The molecule has 0 aliphatic rings. The van der Waals surface area contributed by atoms with Crippen LogP contribution in [0.2, 0.25) is 0 Å². The van der Waals surface area contributed by atoms with Crippen LogP contribution in [0.1, 0.15) is 15.2 Å². The molecule has 10 heteroatoms. The molecule has 0 radical (unpaired) electrons. The molecule has 2 aromatic rings. The van der Waals surface area contributed by atoms with Gasteiger partial charge in [-0.25, -0.2) is 26.7 Å². The van der Waals surface area contributed by atoms with Crippen molar-refractivity contribution in [1.82, 2.24) is 0 Å². The van der Waals surface area contributed by atoms with Gasteiger partial charge < -0.3 is 10.1 Å². The van der Waals surface area contributed by atoms with Crippen LogP contribution in [-0.2, 0) is 16.0 Å². The van der Waals surface area contributed by atoms with Gasteiger partial charge in [-0.05, 0) is 11.4 Å². The van der Waals surface area contributed by atoms with Crippen molar-refractivity contribution < 1.29 is 36.3 Å². The molecule has 0 atom stereocenters. The van der Waals surface area contributed by atoms with Gasteiger partial charge in [-0.3, -0.25) is 4.79 Å². The molecule has 0 fully saturated rings. The minimum Gasteiger partial charge on any atom is -0.465 e. The van der Waals surface area contributed by atoms with Gasteiger partial charge in [-0.1, -0.05) is 0 Å². The molecule has 1 heterocycles. The largest absolute Gasteiger partial charge is 0.465 e. The number of methoxy groups -OCH3 is 1. The first kappa shape index (κ1) is 17.9.